The van der Waals surface area contributed by atoms with E-state index in [2.05, 4.69) is 5.92 Å². The van der Waals surface area contributed by atoms with Crippen molar-refractivity contribution in [3.8, 4) is 12.3 Å². The van der Waals surface area contributed by atoms with Crippen LogP contribution in [0.4, 0.5) is 4.39 Å². The Kier molecular flexibility index (Phi) is 3.69. The molecule has 0 aliphatic heterocycles. The number of terminal acetylenes is 1. The first-order valence-electron chi connectivity index (χ1n) is 4.11. The molecule has 0 aliphatic carbocycles. The summed E-state index contributed by atoms with van der Waals surface area (Å²) in [6.45, 7) is 0.115. The second-order valence-electron chi connectivity index (χ2n) is 2.57. The van der Waals surface area contributed by atoms with Gasteiger partial charge in [0.15, 0.2) is 0 Å². The number of esters is 1. The summed E-state index contributed by atoms with van der Waals surface area (Å²) in [7, 11) is 0. The van der Waals surface area contributed by atoms with Gasteiger partial charge in [-0.15, -0.1) is 12.3 Å². The maximum absolute atomic E-state index is 13.0. The molecule has 1 aromatic carbocycles. The summed E-state index contributed by atoms with van der Waals surface area (Å²) in [6, 6.07) is 5.65. The molecule has 0 radical (unpaired) electrons. The van der Waals surface area contributed by atoms with E-state index in [1.54, 1.807) is 6.07 Å². The van der Waals surface area contributed by atoms with Gasteiger partial charge in [-0.3, -0.25) is 0 Å². The lowest BCUT2D eigenvalue weighted by Gasteiger charge is -2.02. The molecule has 0 spiro atoms. The van der Waals surface area contributed by atoms with Gasteiger partial charge in [-0.1, -0.05) is 12.1 Å². The van der Waals surface area contributed by atoms with Crippen molar-refractivity contribution >= 4 is 5.97 Å². The second-order valence-corrected chi connectivity index (χ2v) is 2.57. The van der Waals surface area contributed by atoms with Crippen molar-refractivity contribution in [1.82, 2.24) is 0 Å². The van der Waals surface area contributed by atoms with Gasteiger partial charge in [-0.25, -0.2) is 9.18 Å². The highest BCUT2D eigenvalue weighted by Crippen LogP contribution is 2.07. The molecule has 0 unspecified atom stereocenters. The highest BCUT2D eigenvalue weighted by molar-refractivity contribution is 5.89. The predicted molar refractivity (Wildman–Crippen MR) is 50.1 cm³/mol. The Labute approximate surface area is 81.7 Å². The molecule has 0 aliphatic rings. The quantitative estimate of drug-likeness (QED) is 0.416. The minimum atomic E-state index is -0.682. The fourth-order valence-electron chi connectivity index (χ4n) is 0.907. The monoisotopic (exact) mass is 192 g/mol. The molecular weight excluding hydrogens is 183 g/mol. The Balaban J connectivity index is 2.62. The van der Waals surface area contributed by atoms with Crippen LogP contribution in [0.3, 0.4) is 0 Å². The minimum Gasteiger partial charge on any atom is -0.461 e. The summed E-state index contributed by atoms with van der Waals surface area (Å²) in [5, 5.41) is 0. The lowest BCUT2D eigenvalue weighted by Crippen LogP contribution is -2.07. The molecule has 0 bridgehead atoms. The van der Waals surface area contributed by atoms with Crippen molar-refractivity contribution in [2.24, 2.45) is 0 Å². The second kappa shape index (κ2) is 5.03. The molecule has 1 aromatic rings. The predicted octanol–water partition coefficient (Wildman–Crippen LogP) is 2.01. The van der Waals surface area contributed by atoms with Gasteiger partial charge in [-0.05, 0) is 12.1 Å². The van der Waals surface area contributed by atoms with Crippen LogP contribution in [-0.4, -0.2) is 12.6 Å². The average molecular weight is 192 g/mol. The van der Waals surface area contributed by atoms with E-state index < -0.39 is 11.8 Å². The summed E-state index contributed by atoms with van der Waals surface area (Å²) >= 11 is 0. The van der Waals surface area contributed by atoms with E-state index in [-0.39, 0.29) is 12.2 Å². The molecule has 0 fully saturated rings. The van der Waals surface area contributed by atoms with Crippen molar-refractivity contribution < 1.29 is 13.9 Å². The highest BCUT2D eigenvalue weighted by atomic mass is 19.1. The van der Waals surface area contributed by atoms with Crippen LogP contribution in [0.15, 0.2) is 24.3 Å². The van der Waals surface area contributed by atoms with E-state index in [0.717, 1.165) is 0 Å². The van der Waals surface area contributed by atoms with E-state index in [4.69, 9.17) is 11.2 Å². The third-order valence-electron chi connectivity index (χ3n) is 1.57. The van der Waals surface area contributed by atoms with Crippen molar-refractivity contribution in [3.05, 3.63) is 35.6 Å². The molecule has 0 N–H and O–H groups in total. The zero-order chi connectivity index (χ0) is 10.4. The first-order valence-corrected chi connectivity index (χ1v) is 4.11. The fraction of sp³-hybridized carbons (Fsp3) is 0.182. The summed E-state index contributed by atoms with van der Waals surface area (Å²) in [5.74, 6) is 1.05. The minimum absolute atomic E-state index is 0.0653. The van der Waals surface area contributed by atoms with Crippen molar-refractivity contribution in [3.63, 3.8) is 0 Å². The molecule has 2 nitrogen and oxygen atoms in total. The Hall–Kier alpha value is -1.82. The van der Waals surface area contributed by atoms with Crippen LogP contribution in [0.2, 0.25) is 0 Å². The largest absolute Gasteiger partial charge is 0.461 e. The van der Waals surface area contributed by atoms with Crippen molar-refractivity contribution in [1.29, 1.82) is 0 Å². The van der Waals surface area contributed by atoms with Crippen LogP contribution in [0, 0.1) is 18.2 Å². The van der Waals surface area contributed by atoms with E-state index in [1.807, 2.05) is 0 Å². The van der Waals surface area contributed by atoms with Crippen molar-refractivity contribution in [2.75, 3.05) is 6.61 Å². The summed E-state index contributed by atoms with van der Waals surface area (Å²) < 4.78 is 17.7. The molecule has 72 valence electrons. The molecule has 3 heteroatoms. The van der Waals surface area contributed by atoms with E-state index in [0.29, 0.717) is 6.42 Å². The fourth-order valence-corrected chi connectivity index (χ4v) is 0.907. The molecule has 0 heterocycles. The Bertz CT molecular complexity index is 366. The molecule has 0 amide bonds. The number of hydrogen-bond acceptors (Lipinski definition) is 2. The number of benzene rings is 1. The third kappa shape index (κ3) is 2.60. The SMILES string of the molecule is C#CCCOC(=O)c1ccccc1F. The first-order chi connectivity index (χ1) is 6.75. The van der Waals surface area contributed by atoms with Gasteiger partial charge in [0.1, 0.15) is 12.4 Å². The first kappa shape index (κ1) is 10.3. The van der Waals surface area contributed by atoms with E-state index in [1.165, 1.54) is 18.2 Å². The molecule has 14 heavy (non-hydrogen) atoms. The topological polar surface area (TPSA) is 26.3 Å². The van der Waals surface area contributed by atoms with Gasteiger partial charge in [0.2, 0.25) is 0 Å². The smallest absolute Gasteiger partial charge is 0.341 e. The average Bonchev–Trinajstić information content (AvgIpc) is 2.18. The summed E-state index contributed by atoms with van der Waals surface area (Å²) in [6.07, 6.45) is 5.30. The van der Waals surface area contributed by atoms with Gasteiger partial charge in [0.25, 0.3) is 0 Å². The number of rotatable bonds is 3. The van der Waals surface area contributed by atoms with E-state index >= 15 is 0 Å². The molecule has 0 saturated carbocycles. The maximum Gasteiger partial charge on any atom is 0.341 e. The highest BCUT2D eigenvalue weighted by Gasteiger charge is 2.11. The molecule has 1 rings (SSSR count). The standard InChI is InChI=1S/C11H9FO2/c1-2-3-8-14-11(13)9-6-4-5-7-10(9)12/h1,4-7H,3,8H2. The van der Waals surface area contributed by atoms with Crippen LogP contribution in [-0.2, 0) is 4.74 Å². The zero-order valence-electron chi connectivity index (χ0n) is 7.50. The Morgan fingerprint density at radius 1 is 1.50 bits per heavy atom. The lowest BCUT2D eigenvalue weighted by molar-refractivity contribution is 0.0508. The Morgan fingerprint density at radius 2 is 2.21 bits per heavy atom. The molecule has 0 atom stereocenters. The summed E-state index contributed by atoms with van der Waals surface area (Å²) in [4.78, 5) is 11.2. The van der Waals surface area contributed by atoms with Crippen LogP contribution < -0.4 is 0 Å². The summed E-state index contributed by atoms with van der Waals surface area (Å²) in [5.41, 5.74) is -0.0653. The van der Waals surface area contributed by atoms with E-state index in [9.17, 15) is 9.18 Å². The van der Waals surface area contributed by atoms with Gasteiger partial charge in [-0.2, -0.15) is 0 Å². The Morgan fingerprint density at radius 3 is 2.86 bits per heavy atom. The number of ether oxygens (including phenoxy) is 1. The number of hydrogen-bond donors (Lipinski definition) is 0. The van der Waals surface area contributed by atoms with Crippen LogP contribution >= 0.6 is 0 Å². The lowest BCUT2D eigenvalue weighted by atomic mass is 10.2. The molecule has 0 saturated heterocycles. The van der Waals surface area contributed by atoms with Crippen molar-refractivity contribution in [2.45, 2.75) is 6.42 Å². The number of carbonyl (C=O) groups is 1. The van der Waals surface area contributed by atoms with Gasteiger partial charge < -0.3 is 4.74 Å². The van der Waals surface area contributed by atoms with Gasteiger partial charge in [0, 0.05) is 6.42 Å². The normalized spacial score (nSPS) is 9.14. The number of halogens is 1. The van der Waals surface area contributed by atoms with Gasteiger partial charge in [0.05, 0.1) is 5.56 Å². The number of carbonyl (C=O) groups excluding carboxylic acids is 1. The third-order valence-corrected chi connectivity index (χ3v) is 1.57. The molecule has 0 aromatic heterocycles. The van der Waals surface area contributed by atoms with Crippen LogP contribution in [0.25, 0.3) is 0 Å². The molecular formula is C11H9FO2. The van der Waals surface area contributed by atoms with Crippen LogP contribution in [0.5, 0.6) is 0 Å². The maximum atomic E-state index is 13.0. The van der Waals surface area contributed by atoms with Gasteiger partial charge >= 0.3 is 5.97 Å². The zero-order valence-corrected chi connectivity index (χ0v) is 7.50. The van der Waals surface area contributed by atoms with Crippen LogP contribution in [0.1, 0.15) is 16.8 Å².